The lowest BCUT2D eigenvalue weighted by Crippen LogP contribution is -2.58. The minimum Gasteiger partial charge on any atom is -0.393 e. The van der Waals surface area contributed by atoms with Crippen LogP contribution in [0.1, 0.15) is 85.0 Å². The fraction of sp³-hybridized carbons (Fsp3) is 0.962. The molecule has 8 heteroatoms. The highest BCUT2D eigenvalue weighted by atomic mass is 32.2. The molecule has 4 N–H and O–H groups in total. The van der Waals surface area contributed by atoms with Crippen LogP contribution in [0, 0.1) is 46.3 Å². The molecule has 0 radical (unpaired) electrons. The van der Waals surface area contributed by atoms with E-state index in [4.69, 9.17) is 4.55 Å². The Morgan fingerprint density at radius 2 is 1.71 bits per heavy atom. The van der Waals surface area contributed by atoms with Gasteiger partial charge in [-0.15, -0.1) is 0 Å². The molecule has 0 aromatic carbocycles. The van der Waals surface area contributed by atoms with Gasteiger partial charge in [-0.2, -0.15) is 8.42 Å². The molecule has 4 saturated carbocycles. The molecule has 196 valence electrons. The van der Waals surface area contributed by atoms with Crippen LogP contribution >= 0.6 is 0 Å². The number of hydrogen-bond donors (Lipinski definition) is 4. The number of nitrogens with one attached hydrogen (secondary N) is 1. The molecule has 7 nitrogen and oxygen atoms in total. The molecule has 4 aliphatic carbocycles. The average Bonchev–Trinajstić information content (AvgIpc) is 3.09. The number of amides is 1. The van der Waals surface area contributed by atoms with E-state index in [9.17, 15) is 23.4 Å². The number of fused-ring (bicyclic) bond motifs is 5. The van der Waals surface area contributed by atoms with Crippen LogP contribution in [-0.2, 0) is 14.9 Å². The van der Waals surface area contributed by atoms with E-state index in [1.807, 2.05) is 0 Å². The summed E-state index contributed by atoms with van der Waals surface area (Å²) in [5.74, 6) is 2.10. The van der Waals surface area contributed by atoms with Crippen LogP contribution in [-0.4, -0.2) is 53.6 Å². The van der Waals surface area contributed by atoms with Gasteiger partial charge in [0.05, 0.1) is 18.0 Å². The lowest BCUT2D eigenvalue weighted by atomic mass is 9.43. The van der Waals surface area contributed by atoms with Crippen molar-refractivity contribution in [2.75, 3.05) is 12.3 Å². The van der Waals surface area contributed by atoms with E-state index >= 15 is 0 Å². The Balaban J connectivity index is 1.39. The van der Waals surface area contributed by atoms with Crippen LogP contribution in [0.4, 0.5) is 0 Å². The largest absolute Gasteiger partial charge is 0.393 e. The van der Waals surface area contributed by atoms with Crippen LogP contribution in [0.5, 0.6) is 0 Å². The smallest absolute Gasteiger partial charge is 0.266 e. The molecule has 0 aromatic heterocycles. The molecular weight excluding hydrogens is 454 g/mol. The third-order valence-corrected chi connectivity index (χ3v) is 11.6. The maximum absolute atomic E-state index is 12.2. The minimum absolute atomic E-state index is 0.0625. The highest BCUT2D eigenvalue weighted by Crippen LogP contribution is 2.68. The molecule has 0 saturated heterocycles. The second kappa shape index (κ2) is 9.64. The zero-order valence-electron chi connectivity index (χ0n) is 21.1. The molecule has 0 aromatic rings. The summed E-state index contributed by atoms with van der Waals surface area (Å²) < 4.78 is 30.5. The highest BCUT2D eigenvalue weighted by molar-refractivity contribution is 7.85. The molecule has 4 aliphatic rings. The van der Waals surface area contributed by atoms with E-state index in [0.29, 0.717) is 41.9 Å². The summed E-state index contributed by atoms with van der Waals surface area (Å²) in [7, 11) is -4.06. The fourth-order valence-electron chi connectivity index (χ4n) is 9.14. The maximum Gasteiger partial charge on any atom is 0.266 e. The SMILES string of the molecule is C[C@@H](CCC(=O)NCCS(=O)(=O)O)[C@@H]1CC[C@@H]2[C@H]3[C@H](O)C[C@H]4C[C@@H](O)CC[C@]4(C)[C@@H]3CC[C@@]21C. The van der Waals surface area contributed by atoms with Gasteiger partial charge in [0.2, 0.25) is 5.91 Å². The second-order valence-corrected chi connectivity index (χ2v) is 14.2. The third-order valence-electron chi connectivity index (χ3n) is 10.9. The van der Waals surface area contributed by atoms with Crippen molar-refractivity contribution in [2.45, 2.75) is 97.2 Å². The zero-order valence-corrected chi connectivity index (χ0v) is 21.9. The van der Waals surface area contributed by atoms with Crippen molar-refractivity contribution in [3.05, 3.63) is 0 Å². The van der Waals surface area contributed by atoms with Gasteiger partial charge in [-0.25, -0.2) is 0 Å². The van der Waals surface area contributed by atoms with Crippen LogP contribution in [0.25, 0.3) is 0 Å². The number of hydrogen-bond acceptors (Lipinski definition) is 5. The van der Waals surface area contributed by atoms with Crippen molar-refractivity contribution in [1.82, 2.24) is 5.32 Å². The van der Waals surface area contributed by atoms with E-state index in [1.54, 1.807) is 0 Å². The van der Waals surface area contributed by atoms with Gasteiger partial charge < -0.3 is 15.5 Å². The standard InChI is InChI=1S/C26H45NO6S/c1-16(4-7-23(30)27-12-13-34(31,32)33)19-5-6-20-24-21(9-11-26(19,20)3)25(2)10-8-18(28)14-17(25)15-22(24)29/h16-22,24,28-29H,4-15H2,1-3H3,(H,27,30)(H,31,32,33)/t16-,17+,18-,19-,20+,21+,22+,24+,25-,26+/m0/s1. The van der Waals surface area contributed by atoms with Gasteiger partial charge in [0, 0.05) is 13.0 Å². The molecule has 0 unspecified atom stereocenters. The van der Waals surface area contributed by atoms with Crippen LogP contribution in [0.15, 0.2) is 0 Å². The minimum atomic E-state index is -4.06. The quantitative estimate of drug-likeness (QED) is 0.398. The van der Waals surface area contributed by atoms with Crippen molar-refractivity contribution in [3.8, 4) is 0 Å². The molecule has 10 atom stereocenters. The Morgan fingerprint density at radius 1 is 1.03 bits per heavy atom. The second-order valence-electron chi connectivity index (χ2n) is 12.6. The lowest BCUT2D eigenvalue weighted by molar-refractivity contribution is -0.174. The van der Waals surface area contributed by atoms with E-state index in [2.05, 4.69) is 26.1 Å². The first-order valence-corrected chi connectivity index (χ1v) is 15.0. The number of aliphatic hydroxyl groups excluding tert-OH is 2. The molecule has 0 heterocycles. The predicted octanol–water partition coefficient (Wildman–Crippen LogP) is 3.40. The average molecular weight is 500 g/mol. The summed E-state index contributed by atoms with van der Waals surface area (Å²) in [6.07, 6.45) is 8.87. The monoisotopic (exact) mass is 499 g/mol. The summed E-state index contributed by atoms with van der Waals surface area (Å²) in [4.78, 5) is 12.2. The topological polar surface area (TPSA) is 124 Å². The maximum atomic E-state index is 12.2. The van der Waals surface area contributed by atoms with Crippen molar-refractivity contribution in [2.24, 2.45) is 46.3 Å². The van der Waals surface area contributed by atoms with E-state index in [0.717, 1.165) is 51.4 Å². The molecule has 4 rings (SSSR count). The Kier molecular flexibility index (Phi) is 7.47. The van der Waals surface area contributed by atoms with E-state index in [1.165, 1.54) is 6.42 Å². The summed E-state index contributed by atoms with van der Waals surface area (Å²) in [5.41, 5.74) is 0.411. The van der Waals surface area contributed by atoms with E-state index < -0.39 is 15.9 Å². The Morgan fingerprint density at radius 3 is 2.41 bits per heavy atom. The molecule has 0 spiro atoms. The van der Waals surface area contributed by atoms with Crippen LogP contribution in [0.2, 0.25) is 0 Å². The van der Waals surface area contributed by atoms with E-state index in [-0.39, 0.29) is 35.5 Å². The number of carbonyl (C=O) groups excluding carboxylic acids is 1. The van der Waals surface area contributed by atoms with Gasteiger partial charge in [-0.05, 0) is 104 Å². The van der Waals surface area contributed by atoms with Crippen LogP contribution < -0.4 is 5.32 Å². The summed E-state index contributed by atoms with van der Waals surface area (Å²) in [6, 6.07) is 0. The van der Waals surface area contributed by atoms with Gasteiger partial charge in [-0.1, -0.05) is 20.8 Å². The Labute approximate surface area is 205 Å². The van der Waals surface area contributed by atoms with Crippen molar-refractivity contribution in [1.29, 1.82) is 0 Å². The van der Waals surface area contributed by atoms with Crippen molar-refractivity contribution >= 4 is 16.0 Å². The zero-order chi connectivity index (χ0) is 24.9. The van der Waals surface area contributed by atoms with Gasteiger partial charge in [0.15, 0.2) is 0 Å². The van der Waals surface area contributed by atoms with Gasteiger partial charge >= 0.3 is 0 Å². The normalized spacial score (nSPS) is 45.1. The Hall–Kier alpha value is -0.700. The molecule has 0 bridgehead atoms. The number of rotatable bonds is 7. The Bertz CT molecular complexity index is 863. The lowest BCUT2D eigenvalue weighted by Gasteiger charge is -2.62. The first-order chi connectivity index (χ1) is 15.8. The summed E-state index contributed by atoms with van der Waals surface area (Å²) in [6.45, 7) is 7.05. The molecular formula is C26H45NO6S. The third kappa shape index (κ3) is 4.94. The van der Waals surface area contributed by atoms with Crippen LogP contribution in [0.3, 0.4) is 0 Å². The van der Waals surface area contributed by atoms with Crippen molar-refractivity contribution in [3.63, 3.8) is 0 Å². The van der Waals surface area contributed by atoms with Gasteiger partial charge in [0.25, 0.3) is 10.1 Å². The molecule has 34 heavy (non-hydrogen) atoms. The number of aliphatic hydroxyl groups is 2. The first kappa shape index (κ1) is 26.4. The summed E-state index contributed by atoms with van der Waals surface area (Å²) >= 11 is 0. The highest BCUT2D eigenvalue weighted by Gasteiger charge is 2.62. The molecule has 0 aliphatic heterocycles. The first-order valence-electron chi connectivity index (χ1n) is 13.4. The molecule has 4 fully saturated rings. The molecule has 1 amide bonds. The fourth-order valence-corrected chi connectivity index (χ4v) is 9.50. The van der Waals surface area contributed by atoms with Crippen molar-refractivity contribution < 1.29 is 28.0 Å². The summed E-state index contributed by atoms with van der Waals surface area (Å²) in [5, 5.41) is 24.2. The number of carbonyl (C=O) groups is 1. The predicted molar refractivity (Wildman–Crippen MR) is 130 cm³/mol. The van der Waals surface area contributed by atoms with Gasteiger partial charge in [-0.3, -0.25) is 9.35 Å². The van der Waals surface area contributed by atoms with Gasteiger partial charge in [0.1, 0.15) is 0 Å².